The predicted octanol–water partition coefficient (Wildman–Crippen LogP) is 5.79. The first-order valence-electron chi connectivity index (χ1n) is 8.84. The zero-order chi connectivity index (χ0) is 17.9. The van der Waals surface area contributed by atoms with Crippen LogP contribution in [0.4, 0.5) is 5.13 Å². The number of thiazole rings is 1. The molecule has 0 unspecified atom stereocenters. The molecule has 0 amide bonds. The number of piperidine rings is 1. The predicted molar refractivity (Wildman–Crippen MR) is 111 cm³/mol. The van der Waals surface area contributed by atoms with Crippen molar-refractivity contribution in [1.29, 1.82) is 0 Å². The van der Waals surface area contributed by atoms with Gasteiger partial charge in [0, 0.05) is 28.7 Å². The van der Waals surface area contributed by atoms with Crippen LogP contribution in [0.1, 0.15) is 34.5 Å². The van der Waals surface area contributed by atoms with Gasteiger partial charge in [-0.2, -0.15) is 0 Å². The molecule has 3 aromatic rings. The van der Waals surface area contributed by atoms with Gasteiger partial charge in [-0.3, -0.25) is 4.79 Å². The van der Waals surface area contributed by atoms with Crippen molar-refractivity contribution in [3.05, 3.63) is 69.5 Å². The second-order valence-corrected chi connectivity index (χ2v) is 8.32. The van der Waals surface area contributed by atoms with Crippen molar-refractivity contribution < 1.29 is 4.79 Å². The Bertz CT molecular complexity index is 900. The Morgan fingerprint density at radius 3 is 2.35 bits per heavy atom. The molecule has 132 valence electrons. The second kappa shape index (κ2) is 7.72. The van der Waals surface area contributed by atoms with Crippen molar-refractivity contribution in [2.75, 3.05) is 18.0 Å². The molecular formula is C21H19BrN2OS. The van der Waals surface area contributed by atoms with E-state index in [4.69, 9.17) is 4.98 Å². The van der Waals surface area contributed by atoms with Gasteiger partial charge in [0.25, 0.3) is 0 Å². The molecule has 0 bridgehead atoms. The lowest BCUT2D eigenvalue weighted by Gasteiger charge is -2.25. The van der Waals surface area contributed by atoms with Gasteiger partial charge in [-0.05, 0) is 43.5 Å². The lowest BCUT2D eigenvalue weighted by atomic mass is 10.1. The molecule has 1 aromatic heterocycles. The minimum absolute atomic E-state index is 0.0390. The molecule has 2 heterocycles. The first kappa shape index (κ1) is 17.4. The summed E-state index contributed by atoms with van der Waals surface area (Å²) in [6.07, 6.45) is 3.66. The average molecular weight is 427 g/mol. The second-order valence-electron chi connectivity index (χ2n) is 6.42. The summed E-state index contributed by atoms with van der Waals surface area (Å²) in [6.45, 7) is 2.04. The number of carbonyl (C=O) groups is 1. The molecule has 5 heteroatoms. The number of benzene rings is 2. The summed E-state index contributed by atoms with van der Waals surface area (Å²) in [5.41, 5.74) is 2.48. The molecule has 0 radical (unpaired) electrons. The summed E-state index contributed by atoms with van der Waals surface area (Å²) in [5, 5.41) is 0.962. The molecule has 0 aliphatic carbocycles. The van der Waals surface area contributed by atoms with Crippen LogP contribution in [0.15, 0.2) is 59.1 Å². The zero-order valence-corrected chi connectivity index (χ0v) is 16.7. The number of aromatic nitrogens is 1. The first-order valence-corrected chi connectivity index (χ1v) is 10.4. The van der Waals surface area contributed by atoms with Crippen molar-refractivity contribution in [3.63, 3.8) is 0 Å². The van der Waals surface area contributed by atoms with Crippen LogP contribution in [-0.4, -0.2) is 23.9 Å². The van der Waals surface area contributed by atoms with Gasteiger partial charge in [0.1, 0.15) is 4.88 Å². The van der Waals surface area contributed by atoms with Gasteiger partial charge in [0.05, 0.1) is 5.69 Å². The maximum Gasteiger partial charge on any atom is 0.205 e. The molecule has 3 nitrogen and oxygen atoms in total. The van der Waals surface area contributed by atoms with Crippen molar-refractivity contribution in [2.45, 2.75) is 19.3 Å². The van der Waals surface area contributed by atoms with E-state index in [9.17, 15) is 4.79 Å². The molecule has 0 spiro atoms. The minimum Gasteiger partial charge on any atom is -0.348 e. The van der Waals surface area contributed by atoms with Crippen LogP contribution in [0.2, 0.25) is 0 Å². The summed E-state index contributed by atoms with van der Waals surface area (Å²) in [7, 11) is 0. The summed E-state index contributed by atoms with van der Waals surface area (Å²) >= 11 is 4.95. The van der Waals surface area contributed by atoms with Crippen LogP contribution in [-0.2, 0) is 0 Å². The van der Waals surface area contributed by atoms with Gasteiger partial charge in [-0.1, -0.05) is 57.6 Å². The van der Waals surface area contributed by atoms with E-state index in [1.165, 1.54) is 30.6 Å². The van der Waals surface area contributed by atoms with E-state index in [-0.39, 0.29) is 5.78 Å². The van der Waals surface area contributed by atoms with Gasteiger partial charge < -0.3 is 4.90 Å². The lowest BCUT2D eigenvalue weighted by Crippen LogP contribution is -2.29. The number of ketones is 1. The van der Waals surface area contributed by atoms with Crippen LogP contribution >= 0.6 is 27.3 Å². The van der Waals surface area contributed by atoms with E-state index in [0.717, 1.165) is 38.8 Å². The highest BCUT2D eigenvalue weighted by Gasteiger charge is 2.24. The number of nitrogens with zero attached hydrogens (tertiary/aromatic N) is 2. The monoisotopic (exact) mass is 426 g/mol. The first-order chi connectivity index (χ1) is 12.7. The molecule has 26 heavy (non-hydrogen) atoms. The molecule has 0 saturated carbocycles. The fourth-order valence-electron chi connectivity index (χ4n) is 3.21. The third-order valence-electron chi connectivity index (χ3n) is 4.60. The molecule has 4 rings (SSSR count). The Morgan fingerprint density at radius 1 is 0.962 bits per heavy atom. The van der Waals surface area contributed by atoms with Crippen molar-refractivity contribution in [3.8, 4) is 11.3 Å². The number of halogens is 1. The maximum absolute atomic E-state index is 13.2. The van der Waals surface area contributed by atoms with E-state index in [1.54, 1.807) is 0 Å². The largest absolute Gasteiger partial charge is 0.348 e. The van der Waals surface area contributed by atoms with E-state index >= 15 is 0 Å². The number of hydrogen-bond donors (Lipinski definition) is 0. The summed E-state index contributed by atoms with van der Waals surface area (Å²) in [5.74, 6) is 0.0390. The average Bonchev–Trinajstić information content (AvgIpc) is 3.15. The number of hydrogen-bond acceptors (Lipinski definition) is 4. The number of rotatable bonds is 4. The fourth-order valence-corrected chi connectivity index (χ4v) is 4.57. The molecule has 1 aliphatic rings. The van der Waals surface area contributed by atoms with Gasteiger partial charge in [-0.15, -0.1) is 0 Å². The quantitative estimate of drug-likeness (QED) is 0.494. The van der Waals surface area contributed by atoms with Crippen LogP contribution in [0.25, 0.3) is 11.3 Å². The van der Waals surface area contributed by atoms with Gasteiger partial charge >= 0.3 is 0 Å². The fraction of sp³-hybridized carbons (Fsp3) is 0.238. The Balaban J connectivity index is 1.77. The summed E-state index contributed by atoms with van der Waals surface area (Å²) < 4.78 is 0.968. The van der Waals surface area contributed by atoms with Crippen LogP contribution in [0, 0.1) is 0 Å². The highest BCUT2D eigenvalue weighted by molar-refractivity contribution is 9.10. The smallest absolute Gasteiger partial charge is 0.205 e. The number of anilines is 1. The van der Waals surface area contributed by atoms with Crippen LogP contribution in [0.5, 0.6) is 0 Å². The topological polar surface area (TPSA) is 33.2 Å². The highest BCUT2D eigenvalue weighted by Crippen LogP contribution is 2.35. The summed E-state index contributed by atoms with van der Waals surface area (Å²) in [4.78, 5) is 21.1. The standard InChI is InChI=1S/C21H19BrN2OS/c22-17-11-9-16(10-12-17)19(25)20-18(15-7-3-1-4-8-15)23-21(26-20)24-13-5-2-6-14-24/h1,3-4,7-12H,2,5-6,13-14H2. The number of carbonyl (C=O) groups excluding carboxylic acids is 1. The van der Waals surface area contributed by atoms with E-state index < -0.39 is 0 Å². The van der Waals surface area contributed by atoms with Crippen LogP contribution in [0.3, 0.4) is 0 Å². The molecular weight excluding hydrogens is 408 g/mol. The third kappa shape index (κ3) is 3.60. The van der Waals surface area contributed by atoms with E-state index in [0.29, 0.717) is 5.56 Å². The normalized spacial score (nSPS) is 14.4. The van der Waals surface area contributed by atoms with Gasteiger partial charge in [-0.25, -0.2) is 4.98 Å². The van der Waals surface area contributed by atoms with Crippen LogP contribution < -0.4 is 4.90 Å². The maximum atomic E-state index is 13.2. The molecule has 1 aliphatic heterocycles. The van der Waals surface area contributed by atoms with Crippen molar-refractivity contribution in [2.24, 2.45) is 0 Å². The van der Waals surface area contributed by atoms with Crippen molar-refractivity contribution in [1.82, 2.24) is 4.98 Å². The molecule has 1 saturated heterocycles. The van der Waals surface area contributed by atoms with E-state index in [2.05, 4.69) is 20.8 Å². The van der Waals surface area contributed by atoms with Crippen molar-refractivity contribution >= 4 is 38.2 Å². The lowest BCUT2D eigenvalue weighted by molar-refractivity contribution is 0.104. The molecule has 0 N–H and O–H groups in total. The Hall–Kier alpha value is -1.98. The molecule has 2 aromatic carbocycles. The zero-order valence-electron chi connectivity index (χ0n) is 14.3. The van der Waals surface area contributed by atoms with Gasteiger partial charge in [0.15, 0.2) is 5.13 Å². The SMILES string of the molecule is O=C(c1ccc(Br)cc1)c1sc(N2CCCCC2)nc1-c1ccccc1. The molecule has 0 atom stereocenters. The van der Waals surface area contributed by atoms with E-state index in [1.807, 2.05) is 54.6 Å². The highest BCUT2D eigenvalue weighted by atomic mass is 79.9. The van der Waals surface area contributed by atoms with Gasteiger partial charge in [0.2, 0.25) is 5.78 Å². The Kier molecular flexibility index (Phi) is 5.18. The minimum atomic E-state index is 0.0390. The Morgan fingerprint density at radius 2 is 1.65 bits per heavy atom. The third-order valence-corrected chi connectivity index (χ3v) is 6.25. The molecule has 1 fully saturated rings. The summed E-state index contributed by atoms with van der Waals surface area (Å²) in [6, 6.07) is 17.5. The Labute approximate surface area is 165 Å².